The number of rotatable bonds is 9. The molecule has 0 aliphatic carbocycles. The van der Waals surface area contributed by atoms with Crippen molar-refractivity contribution in [3.05, 3.63) is 29.8 Å². The molecule has 1 aromatic carbocycles. The van der Waals surface area contributed by atoms with Gasteiger partial charge >= 0.3 is 5.97 Å². The van der Waals surface area contributed by atoms with Gasteiger partial charge in [0.1, 0.15) is 5.75 Å². The SMILES string of the molecule is CC(C)S(=O)(=O)CC(=O)Nc1cccc(CSCCC(=O)O)c1. The molecule has 6 nitrogen and oxygen atoms in total. The van der Waals surface area contributed by atoms with Gasteiger partial charge in [-0.1, -0.05) is 12.1 Å². The van der Waals surface area contributed by atoms with Crippen molar-refractivity contribution in [2.24, 2.45) is 0 Å². The van der Waals surface area contributed by atoms with E-state index in [1.165, 1.54) is 25.6 Å². The summed E-state index contributed by atoms with van der Waals surface area (Å²) >= 11 is 1.49. The molecule has 0 radical (unpaired) electrons. The zero-order valence-electron chi connectivity index (χ0n) is 13.1. The van der Waals surface area contributed by atoms with Gasteiger partial charge in [0.25, 0.3) is 0 Å². The number of carbonyl (C=O) groups is 2. The number of amides is 1. The van der Waals surface area contributed by atoms with E-state index in [-0.39, 0.29) is 6.42 Å². The lowest BCUT2D eigenvalue weighted by Crippen LogP contribution is -2.27. The topological polar surface area (TPSA) is 101 Å². The van der Waals surface area contributed by atoms with Crippen molar-refractivity contribution in [3.63, 3.8) is 0 Å². The summed E-state index contributed by atoms with van der Waals surface area (Å²) in [5.74, 6) is -0.790. The Bertz CT molecular complexity index is 656. The van der Waals surface area contributed by atoms with E-state index in [4.69, 9.17) is 5.11 Å². The third-order valence-electron chi connectivity index (χ3n) is 2.99. The fraction of sp³-hybridized carbons (Fsp3) is 0.467. The van der Waals surface area contributed by atoms with Crippen LogP contribution in [0.25, 0.3) is 0 Å². The lowest BCUT2D eigenvalue weighted by Gasteiger charge is -2.09. The maximum Gasteiger partial charge on any atom is 0.304 e. The molecule has 1 rings (SSSR count). The summed E-state index contributed by atoms with van der Waals surface area (Å²) in [6, 6.07) is 7.08. The second-order valence-corrected chi connectivity index (χ2v) is 8.96. The smallest absolute Gasteiger partial charge is 0.304 e. The minimum absolute atomic E-state index is 0.105. The first-order chi connectivity index (χ1) is 10.7. The molecule has 0 saturated heterocycles. The maximum absolute atomic E-state index is 11.8. The van der Waals surface area contributed by atoms with Gasteiger partial charge in [0.2, 0.25) is 5.91 Å². The van der Waals surface area contributed by atoms with Crippen LogP contribution in [0.2, 0.25) is 0 Å². The van der Waals surface area contributed by atoms with Crippen molar-refractivity contribution in [2.75, 3.05) is 16.8 Å². The second kappa shape index (κ2) is 8.93. The fourth-order valence-electron chi connectivity index (χ4n) is 1.63. The number of aliphatic carboxylic acids is 1. The molecule has 23 heavy (non-hydrogen) atoms. The van der Waals surface area contributed by atoms with Crippen LogP contribution in [0.5, 0.6) is 0 Å². The fourth-order valence-corrected chi connectivity index (χ4v) is 3.28. The lowest BCUT2D eigenvalue weighted by atomic mass is 10.2. The predicted octanol–water partition coefficient (Wildman–Crippen LogP) is 2.16. The largest absolute Gasteiger partial charge is 0.481 e. The minimum Gasteiger partial charge on any atom is -0.481 e. The number of thioether (sulfide) groups is 1. The number of hydrogen-bond acceptors (Lipinski definition) is 5. The summed E-state index contributed by atoms with van der Waals surface area (Å²) in [6.07, 6.45) is 0.105. The van der Waals surface area contributed by atoms with Crippen LogP contribution >= 0.6 is 11.8 Å². The highest BCUT2D eigenvalue weighted by atomic mass is 32.2. The van der Waals surface area contributed by atoms with E-state index in [2.05, 4.69) is 5.32 Å². The molecular weight excluding hydrogens is 338 g/mol. The number of carbonyl (C=O) groups excluding carboxylic acids is 1. The van der Waals surface area contributed by atoms with Crippen molar-refractivity contribution in [2.45, 2.75) is 31.3 Å². The summed E-state index contributed by atoms with van der Waals surface area (Å²) in [7, 11) is -3.43. The molecule has 0 atom stereocenters. The van der Waals surface area contributed by atoms with E-state index in [0.717, 1.165) is 5.56 Å². The van der Waals surface area contributed by atoms with Crippen LogP contribution in [0, 0.1) is 0 Å². The Morgan fingerprint density at radius 1 is 1.30 bits per heavy atom. The Morgan fingerprint density at radius 2 is 2.00 bits per heavy atom. The van der Waals surface area contributed by atoms with Gasteiger partial charge in [-0.25, -0.2) is 8.42 Å². The summed E-state index contributed by atoms with van der Waals surface area (Å²) in [5, 5.41) is 10.6. The number of anilines is 1. The van der Waals surface area contributed by atoms with Gasteiger partial charge in [0, 0.05) is 17.2 Å². The van der Waals surface area contributed by atoms with E-state index in [1.54, 1.807) is 18.2 Å². The maximum atomic E-state index is 11.8. The van der Waals surface area contributed by atoms with Gasteiger partial charge in [0.15, 0.2) is 9.84 Å². The molecule has 2 N–H and O–H groups in total. The van der Waals surface area contributed by atoms with Crippen LogP contribution in [0.3, 0.4) is 0 Å². The van der Waals surface area contributed by atoms with Crippen molar-refractivity contribution in [1.29, 1.82) is 0 Å². The third kappa shape index (κ3) is 7.51. The van der Waals surface area contributed by atoms with Gasteiger partial charge in [-0.2, -0.15) is 11.8 Å². The van der Waals surface area contributed by atoms with Crippen LogP contribution in [0.1, 0.15) is 25.8 Å². The average Bonchev–Trinajstić information content (AvgIpc) is 2.43. The van der Waals surface area contributed by atoms with Gasteiger partial charge < -0.3 is 10.4 Å². The quantitative estimate of drug-likeness (QED) is 0.655. The predicted molar refractivity (Wildman–Crippen MR) is 92.4 cm³/mol. The molecule has 0 heterocycles. The molecule has 8 heteroatoms. The normalized spacial score (nSPS) is 11.4. The first-order valence-corrected chi connectivity index (χ1v) is 9.97. The molecule has 1 amide bonds. The summed E-state index contributed by atoms with van der Waals surface area (Å²) in [4.78, 5) is 22.3. The van der Waals surface area contributed by atoms with Crippen LogP contribution in [-0.4, -0.2) is 42.2 Å². The molecule has 0 aliphatic heterocycles. The Hall–Kier alpha value is -1.54. The van der Waals surface area contributed by atoms with Crippen LogP contribution in [-0.2, 0) is 25.2 Å². The van der Waals surface area contributed by atoms with Crippen molar-refractivity contribution in [1.82, 2.24) is 0 Å². The molecule has 0 aliphatic rings. The van der Waals surface area contributed by atoms with Gasteiger partial charge in [-0.05, 0) is 31.5 Å². The molecule has 0 saturated carbocycles. The first-order valence-electron chi connectivity index (χ1n) is 7.10. The Balaban J connectivity index is 2.56. The van der Waals surface area contributed by atoms with Crippen molar-refractivity contribution in [3.8, 4) is 0 Å². The molecule has 0 aromatic heterocycles. The third-order valence-corrected chi connectivity index (χ3v) is 6.12. The summed E-state index contributed by atoms with van der Waals surface area (Å²) in [5.41, 5.74) is 1.47. The van der Waals surface area contributed by atoms with Gasteiger partial charge in [0.05, 0.1) is 11.7 Å². The van der Waals surface area contributed by atoms with Crippen molar-refractivity contribution >= 4 is 39.2 Å². The number of carboxylic acid groups (broad SMARTS) is 1. The zero-order chi connectivity index (χ0) is 17.5. The molecule has 0 bridgehead atoms. The van der Waals surface area contributed by atoms with Crippen LogP contribution in [0.15, 0.2) is 24.3 Å². The number of sulfone groups is 1. The molecule has 0 unspecified atom stereocenters. The molecule has 1 aromatic rings. The summed E-state index contributed by atoms with van der Waals surface area (Å²) in [6.45, 7) is 3.08. The van der Waals surface area contributed by atoms with Gasteiger partial charge in [-0.15, -0.1) is 0 Å². The highest BCUT2D eigenvalue weighted by molar-refractivity contribution is 7.98. The number of benzene rings is 1. The monoisotopic (exact) mass is 359 g/mol. The second-order valence-electron chi connectivity index (χ2n) is 5.30. The Kier molecular flexibility index (Phi) is 7.57. The molecule has 0 fully saturated rings. The van der Waals surface area contributed by atoms with Crippen molar-refractivity contribution < 1.29 is 23.1 Å². The van der Waals surface area contributed by atoms with E-state index >= 15 is 0 Å². The highest BCUT2D eigenvalue weighted by Crippen LogP contribution is 2.17. The van der Waals surface area contributed by atoms with E-state index in [0.29, 0.717) is 17.2 Å². The molecular formula is C15H21NO5S2. The first kappa shape index (κ1) is 19.5. The molecule has 0 spiro atoms. The number of hydrogen-bond donors (Lipinski definition) is 2. The van der Waals surface area contributed by atoms with Gasteiger partial charge in [-0.3, -0.25) is 9.59 Å². The van der Waals surface area contributed by atoms with E-state index in [9.17, 15) is 18.0 Å². The standard InChI is InChI=1S/C15H21NO5S2/c1-11(2)23(20,21)10-14(17)16-13-5-3-4-12(8-13)9-22-7-6-15(18)19/h3-5,8,11H,6-7,9-10H2,1-2H3,(H,16,17)(H,18,19). The Labute approximate surface area is 140 Å². The number of nitrogens with one attached hydrogen (secondary N) is 1. The minimum atomic E-state index is -3.43. The Morgan fingerprint density at radius 3 is 2.61 bits per heavy atom. The summed E-state index contributed by atoms with van der Waals surface area (Å²) < 4.78 is 23.4. The van der Waals surface area contributed by atoms with E-state index < -0.39 is 32.7 Å². The number of carboxylic acids is 1. The van der Waals surface area contributed by atoms with E-state index in [1.807, 2.05) is 6.07 Å². The van der Waals surface area contributed by atoms with Crippen LogP contribution < -0.4 is 5.32 Å². The average molecular weight is 359 g/mol. The van der Waals surface area contributed by atoms with Crippen LogP contribution in [0.4, 0.5) is 5.69 Å². The molecule has 128 valence electrons. The highest BCUT2D eigenvalue weighted by Gasteiger charge is 2.20. The lowest BCUT2D eigenvalue weighted by molar-refractivity contribution is -0.136. The zero-order valence-corrected chi connectivity index (χ0v) is 14.7.